The van der Waals surface area contributed by atoms with Crippen LogP contribution < -0.4 is 10.6 Å². The Morgan fingerprint density at radius 1 is 1.19 bits per heavy atom. The Bertz CT molecular complexity index is 747. The van der Waals surface area contributed by atoms with Gasteiger partial charge < -0.3 is 20.1 Å². The molecule has 1 aromatic carbocycles. The molecule has 1 saturated heterocycles. The third-order valence-electron chi connectivity index (χ3n) is 4.84. The van der Waals surface area contributed by atoms with Crippen molar-refractivity contribution in [1.82, 2.24) is 25.1 Å². The van der Waals surface area contributed by atoms with Gasteiger partial charge in [0.15, 0.2) is 0 Å². The summed E-state index contributed by atoms with van der Waals surface area (Å²) < 4.78 is 1.94. The van der Waals surface area contributed by atoms with Crippen molar-refractivity contribution in [3.63, 3.8) is 0 Å². The van der Waals surface area contributed by atoms with Crippen LogP contribution in [0.15, 0.2) is 43.0 Å². The van der Waals surface area contributed by atoms with E-state index >= 15 is 0 Å². The zero-order valence-electron chi connectivity index (χ0n) is 15.9. The largest absolute Gasteiger partial charge is 0.353 e. The Morgan fingerprint density at radius 3 is 2.48 bits per heavy atom. The number of nitrogens with zero attached hydrogens (tertiary/aromatic N) is 3. The Kier molecular flexibility index (Phi) is 6.11. The fourth-order valence-corrected chi connectivity index (χ4v) is 3.08. The topological polar surface area (TPSA) is 79.3 Å². The van der Waals surface area contributed by atoms with Crippen LogP contribution in [0, 0.1) is 5.92 Å². The van der Waals surface area contributed by atoms with Gasteiger partial charge in [-0.2, -0.15) is 0 Å². The minimum atomic E-state index is -0.0534. The van der Waals surface area contributed by atoms with Gasteiger partial charge in [-0.25, -0.2) is 9.78 Å². The van der Waals surface area contributed by atoms with E-state index in [2.05, 4.69) is 15.6 Å². The number of hydrogen-bond donors (Lipinski definition) is 2. The maximum Gasteiger partial charge on any atom is 0.317 e. The molecule has 144 valence electrons. The van der Waals surface area contributed by atoms with E-state index in [1.54, 1.807) is 12.5 Å². The number of imidazole rings is 1. The maximum atomic E-state index is 12.4. The first-order valence-electron chi connectivity index (χ1n) is 9.43. The van der Waals surface area contributed by atoms with Crippen molar-refractivity contribution in [3.05, 3.63) is 48.5 Å². The summed E-state index contributed by atoms with van der Waals surface area (Å²) >= 11 is 0. The molecule has 2 N–H and O–H groups in total. The summed E-state index contributed by atoms with van der Waals surface area (Å²) in [6.07, 6.45) is 6.98. The molecule has 1 aliphatic rings. The highest BCUT2D eigenvalue weighted by atomic mass is 16.2. The number of urea groups is 1. The molecule has 1 fully saturated rings. The third kappa shape index (κ3) is 5.09. The van der Waals surface area contributed by atoms with Gasteiger partial charge in [0.25, 0.3) is 0 Å². The van der Waals surface area contributed by atoms with E-state index < -0.39 is 0 Å². The van der Waals surface area contributed by atoms with Crippen LogP contribution in [0.5, 0.6) is 0 Å². The van der Waals surface area contributed by atoms with Gasteiger partial charge in [-0.15, -0.1) is 0 Å². The predicted molar refractivity (Wildman–Crippen MR) is 103 cm³/mol. The summed E-state index contributed by atoms with van der Waals surface area (Å²) in [6.45, 7) is 5.59. The molecule has 7 nitrogen and oxygen atoms in total. The molecule has 0 atom stereocenters. The van der Waals surface area contributed by atoms with Crippen LogP contribution >= 0.6 is 0 Å². The van der Waals surface area contributed by atoms with Crippen molar-refractivity contribution in [2.24, 2.45) is 5.92 Å². The van der Waals surface area contributed by atoms with Crippen LogP contribution in [-0.2, 0) is 11.3 Å². The van der Waals surface area contributed by atoms with Gasteiger partial charge in [-0.1, -0.05) is 26.0 Å². The fourth-order valence-electron chi connectivity index (χ4n) is 3.08. The van der Waals surface area contributed by atoms with Gasteiger partial charge in [-0.05, 0) is 30.5 Å². The second-order valence-corrected chi connectivity index (χ2v) is 7.22. The predicted octanol–water partition coefficient (Wildman–Crippen LogP) is 2.32. The number of hydrogen-bond acceptors (Lipinski definition) is 3. The molecule has 0 aliphatic carbocycles. The van der Waals surface area contributed by atoms with E-state index in [1.165, 1.54) is 0 Å². The summed E-state index contributed by atoms with van der Waals surface area (Å²) in [5, 5.41) is 6.03. The monoisotopic (exact) mass is 369 g/mol. The second-order valence-electron chi connectivity index (χ2n) is 7.22. The van der Waals surface area contributed by atoms with Gasteiger partial charge >= 0.3 is 6.03 Å². The number of rotatable bonds is 5. The molecule has 0 bridgehead atoms. The summed E-state index contributed by atoms with van der Waals surface area (Å²) in [5.74, 6) is 0.0727. The van der Waals surface area contributed by atoms with Crippen molar-refractivity contribution in [2.75, 3.05) is 13.1 Å². The van der Waals surface area contributed by atoms with Crippen LogP contribution in [0.4, 0.5) is 4.79 Å². The quantitative estimate of drug-likeness (QED) is 0.849. The Labute approximate surface area is 159 Å². The summed E-state index contributed by atoms with van der Waals surface area (Å²) in [6, 6.07) is 8.13. The van der Waals surface area contributed by atoms with Crippen molar-refractivity contribution in [1.29, 1.82) is 0 Å². The lowest BCUT2D eigenvalue weighted by molar-refractivity contribution is -0.124. The third-order valence-corrected chi connectivity index (χ3v) is 4.84. The van der Waals surface area contributed by atoms with Crippen molar-refractivity contribution in [2.45, 2.75) is 39.3 Å². The zero-order valence-corrected chi connectivity index (χ0v) is 15.9. The minimum absolute atomic E-state index is 0.00788. The van der Waals surface area contributed by atoms with Crippen LogP contribution in [0.1, 0.15) is 32.3 Å². The van der Waals surface area contributed by atoms with Gasteiger partial charge in [-0.3, -0.25) is 4.79 Å². The molecule has 2 heterocycles. The van der Waals surface area contributed by atoms with Crippen LogP contribution in [0.25, 0.3) is 5.69 Å². The molecular formula is C20H27N5O2. The summed E-state index contributed by atoms with van der Waals surface area (Å²) in [4.78, 5) is 30.0. The second kappa shape index (κ2) is 8.70. The molecule has 1 aliphatic heterocycles. The van der Waals surface area contributed by atoms with Gasteiger partial charge in [0.2, 0.25) is 5.91 Å². The number of aromatic nitrogens is 2. The molecule has 0 saturated carbocycles. The molecule has 0 radical (unpaired) electrons. The van der Waals surface area contributed by atoms with E-state index in [0.29, 0.717) is 19.6 Å². The average molecular weight is 369 g/mol. The number of carbonyl (C=O) groups is 2. The van der Waals surface area contributed by atoms with Crippen LogP contribution in [-0.4, -0.2) is 45.5 Å². The van der Waals surface area contributed by atoms with E-state index in [4.69, 9.17) is 0 Å². The SMILES string of the molecule is CC(C)C(=O)NC1CCN(C(=O)NCc2ccc(-n3ccnc3)cc2)CC1. The van der Waals surface area contributed by atoms with Gasteiger partial charge in [0, 0.05) is 49.7 Å². The van der Waals surface area contributed by atoms with Crippen molar-refractivity contribution < 1.29 is 9.59 Å². The highest BCUT2D eigenvalue weighted by molar-refractivity contribution is 5.78. The van der Waals surface area contributed by atoms with Crippen molar-refractivity contribution >= 4 is 11.9 Å². The molecule has 27 heavy (non-hydrogen) atoms. The lowest BCUT2D eigenvalue weighted by atomic mass is 10.0. The number of likely N-dealkylation sites (tertiary alicyclic amines) is 1. The number of benzene rings is 1. The maximum absolute atomic E-state index is 12.4. The molecule has 0 unspecified atom stereocenters. The number of amides is 3. The van der Waals surface area contributed by atoms with E-state index in [1.807, 2.05) is 53.8 Å². The lowest BCUT2D eigenvalue weighted by Gasteiger charge is -2.32. The fraction of sp³-hybridized carbons (Fsp3) is 0.450. The van der Waals surface area contributed by atoms with Gasteiger partial charge in [0.05, 0.1) is 6.33 Å². The molecule has 3 rings (SSSR count). The molecule has 0 spiro atoms. The molecule has 7 heteroatoms. The van der Waals surface area contributed by atoms with E-state index in [0.717, 1.165) is 24.1 Å². The molecular weight excluding hydrogens is 342 g/mol. The Morgan fingerprint density at radius 2 is 1.89 bits per heavy atom. The highest BCUT2D eigenvalue weighted by Gasteiger charge is 2.24. The first-order chi connectivity index (χ1) is 13.0. The molecule has 3 amide bonds. The van der Waals surface area contributed by atoms with E-state index in [-0.39, 0.29) is 23.9 Å². The standard InChI is InChI=1S/C20H27N5O2/c1-15(2)19(26)23-17-7-10-24(11-8-17)20(27)22-13-16-3-5-18(6-4-16)25-12-9-21-14-25/h3-6,9,12,14-15,17H,7-8,10-11,13H2,1-2H3,(H,22,27)(H,23,26). The molecule has 2 aromatic rings. The first-order valence-corrected chi connectivity index (χ1v) is 9.43. The molecule has 1 aromatic heterocycles. The highest BCUT2D eigenvalue weighted by Crippen LogP contribution is 2.12. The Balaban J connectivity index is 1.43. The van der Waals surface area contributed by atoms with Gasteiger partial charge in [0.1, 0.15) is 0 Å². The van der Waals surface area contributed by atoms with Crippen LogP contribution in [0.2, 0.25) is 0 Å². The summed E-state index contributed by atoms with van der Waals surface area (Å²) in [5.41, 5.74) is 2.08. The first kappa shape index (κ1) is 18.9. The zero-order chi connectivity index (χ0) is 19.2. The minimum Gasteiger partial charge on any atom is -0.353 e. The average Bonchev–Trinajstić information content (AvgIpc) is 3.22. The number of nitrogens with one attached hydrogen (secondary N) is 2. The van der Waals surface area contributed by atoms with Crippen LogP contribution in [0.3, 0.4) is 0 Å². The number of carbonyl (C=O) groups excluding carboxylic acids is 2. The summed E-state index contributed by atoms with van der Waals surface area (Å²) in [7, 11) is 0. The Hall–Kier alpha value is -2.83. The number of piperidine rings is 1. The lowest BCUT2D eigenvalue weighted by Crippen LogP contribution is -2.49. The normalized spacial score (nSPS) is 15.0. The smallest absolute Gasteiger partial charge is 0.317 e. The van der Waals surface area contributed by atoms with Crippen molar-refractivity contribution in [3.8, 4) is 5.69 Å². The van der Waals surface area contributed by atoms with E-state index in [9.17, 15) is 9.59 Å².